The molecule has 0 bridgehead atoms. The van der Waals surface area contributed by atoms with Crippen LogP contribution in [0.15, 0.2) is 0 Å². The molecular formula is C10H16N2O4. The van der Waals surface area contributed by atoms with E-state index in [1.807, 2.05) is 0 Å². The number of hydrogen-bond acceptors (Lipinski definition) is 4. The van der Waals surface area contributed by atoms with Gasteiger partial charge >= 0.3 is 12.0 Å². The normalized spacial score (nSPS) is 20.6. The molecule has 90 valence electrons. The Morgan fingerprint density at radius 1 is 1.44 bits per heavy atom. The second-order valence-corrected chi connectivity index (χ2v) is 4.67. The molecule has 1 N–H and O–H groups in total. The number of carbonyl (C=O) groups is 3. The number of rotatable bonds is 1. The molecule has 0 radical (unpaired) electrons. The summed E-state index contributed by atoms with van der Waals surface area (Å²) in [4.78, 5) is 34.9. The Morgan fingerprint density at radius 2 is 2.00 bits per heavy atom. The average molecular weight is 228 g/mol. The van der Waals surface area contributed by atoms with Gasteiger partial charge in [0, 0.05) is 6.92 Å². The molecular weight excluding hydrogens is 212 g/mol. The van der Waals surface area contributed by atoms with Crippen LogP contribution in [0.3, 0.4) is 0 Å². The zero-order chi connectivity index (χ0) is 12.5. The molecule has 1 atom stereocenters. The fourth-order valence-electron chi connectivity index (χ4n) is 1.32. The maximum Gasteiger partial charge on any atom is 0.331 e. The Hall–Kier alpha value is -1.59. The molecule has 0 unspecified atom stereocenters. The van der Waals surface area contributed by atoms with Crippen LogP contribution < -0.4 is 5.32 Å². The van der Waals surface area contributed by atoms with Crippen molar-refractivity contribution in [3.05, 3.63) is 0 Å². The zero-order valence-electron chi connectivity index (χ0n) is 9.86. The van der Waals surface area contributed by atoms with Crippen LogP contribution in [0.4, 0.5) is 4.79 Å². The number of esters is 1. The van der Waals surface area contributed by atoms with Crippen molar-refractivity contribution >= 4 is 17.9 Å². The van der Waals surface area contributed by atoms with E-state index >= 15 is 0 Å². The molecule has 0 aromatic rings. The number of nitrogens with one attached hydrogen (secondary N) is 1. The van der Waals surface area contributed by atoms with E-state index in [9.17, 15) is 14.4 Å². The number of nitrogens with zero attached hydrogens (tertiary/aromatic N) is 1. The molecule has 6 heteroatoms. The van der Waals surface area contributed by atoms with Gasteiger partial charge in [-0.3, -0.25) is 9.69 Å². The van der Waals surface area contributed by atoms with Gasteiger partial charge in [0.25, 0.3) is 0 Å². The molecule has 0 spiro atoms. The Bertz CT molecular complexity index is 332. The fourth-order valence-corrected chi connectivity index (χ4v) is 1.32. The summed E-state index contributed by atoms with van der Waals surface area (Å²) < 4.78 is 5.11. The lowest BCUT2D eigenvalue weighted by Gasteiger charge is -2.21. The molecule has 1 rings (SSSR count). The van der Waals surface area contributed by atoms with Gasteiger partial charge in [0.1, 0.15) is 11.6 Å². The van der Waals surface area contributed by atoms with Gasteiger partial charge in [-0.05, 0) is 20.8 Å². The summed E-state index contributed by atoms with van der Waals surface area (Å²) in [6.07, 6.45) is 0. The third-order valence-corrected chi connectivity index (χ3v) is 1.98. The van der Waals surface area contributed by atoms with E-state index in [4.69, 9.17) is 4.74 Å². The number of amides is 3. The number of urea groups is 1. The summed E-state index contributed by atoms with van der Waals surface area (Å²) >= 11 is 0. The second kappa shape index (κ2) is 4.11. The molecule has 3 amide bonds. The maximum atomic E-state index is 11.6. The summed E-state index contributed by atoms with van der Waals surface area (Å²) in [5.41, 5.74) is -0.606. The van der Waals surface area contributed by atoms with Crippen LogP contribution >= 0.6 is 0 Å². The number of imide groups is 1. The summed E-state index contributed by atoms with van der Waals surface area (Å²) in [7, 11) is 0. The van der Waals surface area contributed by atoms with Crippen molar-refractivity contribution in [2.75, 3.05) is 6.54 Å². The minimum atomic E-state index is -0.768. The van der Waals surface area contributed by atoms with E-state index in [0.29, 0.717) is 0 Å². The van der Waals surface area contributed by atoms with Crippen LogP contribution in [0.25, 0.3) is 0 Å². The van der Waals surface area contributed by atoms with Crippen molar-refractivity contribution in [3.8, 4) is 0 Å². The predicted molar refractivity (Wildman–Crippen MR) is 55.6 cm³/mol. The monoisotopic (exact) mass is 228 g/mol. The largest absolute Gasteiger partial charge is 0.458 e. The van der Waals surface area contributed by atoms with E-state index in [-0.39, 0.29) is 12.5 Å². The van der Waals surface area contributed by atoms with Crippen LogP contribution in [0.1, 0.15) is 27.7 Å². The Morgan fingerprint density at radius 3 is 2.38 bits per heavy atom. The highest BCUT2D eigenvalue weighted by Gasteiger charge is 2.37. The number of hydrogen-bond donors (Lipinski definition) is 1. The van der Waals surface area contributed by atoms with E-state index in [1.165, 1.54) is 6.92 Å². The standard InChI is InChI=1S/C10H16N2O4/c1-6(13)12-5-7(11-9(12)15)8(14)16-10(2,3)4/h7H,5H2,1-4H3,(H,11,15)/t7-/m0/s1. The average Bonchev–Trinajstić information content (AvgIpc) is 2.44. The summed E-state index contributed by atoms with van der Waals surface area (Å²) in [5, 5.41) is 2.40. The van der Waals surface area contributed by atoms with Crippen LogP contribution in [0.2, 0.25) is 0 Å². The molecule has 16 heavy (non-hydrogen) atoms. The van der Waals surface area contributed by atoms with E-state index in [2.05, 4.69) is 5.32 Å². The third-order valence-electron chi connectivity index (χ3n) is 1.98. The van der Waals surface area contributed by atoms with Gasteiger partial charge < -0.3 is 10.1 Å². The molecule has 0 aromatic heterocycles. The molecule has 1 aliphatic rings. The molecule has 0 aliphatic carbocycles. The van der Waals surface area contributed by atoms with Gasteiger partial charge in [-0.2, -0.15) is 0 Å². The van der Waals surface area contributed by atoms with Gasteiger partial charge in [0.15, 0.2) is 0 Å². The molecule has 6 nitrogen and oxygen atoms in total. The van der Waals surface area contributed by atoms with Gasteiger partial charge in [0.2, 0.25) is 5.91 Å². The summed E-state index contributed by atoms with van der Waals surface area (Å²) in [6.45, 7) is 6.53. The van der Waals surface area contributed by atoms with Gasteiger partial charge in [-0.25, -0.2) is 9.59 Å². The zero-order valence-corrected chi connectivity index (χ0v) is 9.86. The van der Waals surface area contributed by atoms with E-state index < -0.39 is 23.6 Å². The van der Waals surface area contributed by atoms with Crippen LogP contribution in [-0.4, -0.2) is 41.0 Å². The summed E-state index contributed by atoms with van der Waals surface area (Å²) in [5.74, 6) is -0.909. The minimum absolute atomic E-state index is 0.0308. The van der Waals surface area contributed by atoms with Crippen molar-refractivity contribution in [1.29, 1.82) is 0 Å². The van der Waals surface area contributed by atoms with Gasteiger partial charge in [-0.15, -0.1) is 0 Å². The quantitative estimate of drug-likeness (QED) is 0.653. The van der Waals surface area contributed by atoms with E-state index in [1.54, 1.807) is 20.8 Å². The molecule has 0 saturated carbocycles. The number of ether oxygens (including phenoxy) is 1. The topological polar surface area (TPSA) is 75.7 Å². The Balaban J connectivity index is 2.62. The van der Waals surface area contributed by atoms with Crippen molar-refractivity contribution in [2.24, 2.45) is 0 Å². The summed E-state index contributed by atoms with van der Waals surface area (Å²) in [6, 6.07) is -1.32. The first kappa shape index (κ1) is 12.5. The first-order valence-electron chi connectivity index (χ1n) is 5.02. The van der Waals surface area contributed by atoms with Crippen LogP contribution in [0.5, 0.6) is 0 Å². The second-order valence-electron chi connectivity index (χ2n) is 4.67. The van der Waals surface area contributed by atoms with Crippen molar-refractivity contribution < 1.29 is 19.1 Å². The minimum Gasteiger partial charge on any atom is -0.458 e. The van der Waals surface area contributed by atoms with Gasteiger partial charge in [-0.1, -0.05) is 0 Å². The smallest absolute Gasteiger partial charge is 0.331 e. The van der Waals surface area contributed by atoms with Gasteiger partial charge in [0.05, 0.1) is 6.54 Å². The molecule has 1 fully saturated rings. The Labute approximate surface area is 93.9 Å². The van der Waals surface area contributed by atoms with E-state index in [0.717, 1.165) is 4.90 Å². The molecule has 1 aliphatic heterocycles. The van der Waals surface area contributed by atoms with Crippen LogP contribution in [-0.2, 0) is 14.3 Å². The highest BCUT2D eigenvalue weighted by molar-refractivity contribution is 5.98. The molecule has 1 heterocycles. The maximum absolute atomic E-state index is 11.6. The van der Waals surface area contributed by atoms with Crippen molar-refractivity contribution in [2.45, 2.75) is 39.3 Å². The lowest BCUT2D eigenvalue weighted by atomic mass is 10.2. The lowest BCUT2D eigenvalue weighted by molar-refractivity contribution is -0.156. The van der Waals surface area contributed by atoms with Crippen LogP contribution in [0, 0.1) is 0 Å². The third kappa shape index (κ3) is 2.95. The first-order valence-corrected chi connectivity index (χ1v) is 5.02. The highest BCUT2D eigenvalue weighted by Crippen LogP contribution is 2.12. The first-order chi connectivity index (χ1) is 7.20. The molecule has 0 aromatic carbocycles. The highest BCUT2D eigenvalue weighted by atomic mass is 16.6. The Kier molecular flexibility index (Phi) is 3.21. The van der Waals surface area contributed by atoms with Crippen molar-refractivity contribution in [3.63, 3.8) is 0 Å². The van der Waals surface area contributed by atoms with Crippen molar-refractivity contribution in [1.82, 2.24) is 10.2 Å². The predicted octanol–water partition coefficient (Wildman–Crippen LogP) is 0.268. The number of carbonyl (C=O) groups excluding carboxylic acids is 3. The SMILES string of the molecule is CC(=O)N1C[C@@H](C(=O)OC(C)(C)C)NC1=O. The fraction of sp³-hybridized carbons (Fsp3) is 0.700. The lowest BCUT2D eigenvalue weighted by Crippen LogP contribution is -2.39. The molecule has 1 saturated heterocycles.